The lowest BCUT2D eigenvalue weighted by molar-refractivity contribution is -0.143. The Morgan fingerprint density at radius 1 is 1.09 bits per heavy atom. The van der Waals surface area contributed by atoms with Crippen molar-refractivity contribution in [1.29, 1.82) is 0 Å². The van der Waals surface area contributed by atoms with E-state index in [9.17, 15) is 18.8 Å². The number of carbonyl (C=O) groups excluding carboxylic acids is 3. The van der Waals surface area contributed by atoms with Gasteiger partial charge in [0, 0.05) is 13.1 Å². The zero-order chi connectivity index (χ0) is 23.9. The number of likely N-dealkylation sites (tertiary alicyclic amines) is 1. The van der Waals surface area contributed by atoms with Crippen LogP contribution in [0, 0.1) is 11.7 Å². The molecule has 2 aromatic rings. The molecular weight excluding hydrogens is 441 g/mol. The van der Waals surface area contributed by atoms with Crippen LogP contribution >= 0.6 is 0 Å². The zero-order valence-corrected chi connectivity index (χ0v) is 18.8. The van der Waals surface area contributed by atoms with Gasteiger partial charge in [-0.05, 0) is 55.5 Å². The van der Waals surface area contributed by atoms with E-state index in [1.165, 1.54) is 17.0 Å². The molecule has 34 heavy (non-hydrogen) atoms. The second-order valence-corrected chi connectivity index (χ2v) is 9.11. The normalized spacial score (nSPS) is 24.8. The van der Waals surface area contributed by atoms with E-state index in [2.05, 4.69) is 5.32 Å². The van der Waals surface area contributed by atoms with Crippen molar-refractivity contribution in [2.75, 3.05) is 19.7 Å². The van der Waals surface area contributed by atoms with Gasteiger partial charge in [-0.3, -0.25) is 14.5 Å². The summed E-state index contributed by atoms with van der Waals surface area (Å²) in [5, 5.41) is 2.87. The van der Waals surface area contributed by atoms with E-state index < -0.39 is 17.7 Å². The van der Waals surface area contributed by atoms with Crippen molar-refractivity contribution >= 4 is 17.8 Å². The molecule has 2 atom stereocenters. The van der Waals surface area contributed by atoms with Gasteiger partial charge in [-0.2, -0.15) is 0 Å². The number of halogens is 1. The molecular formula is C25H26FN3O5. The van der Waals surface area contributed by atoms with Crippen molar-refractivity contribution in [1.82, 2.24) is 15.1 Å². The predicted molar refractivity (Wildman–Crippen MR) is 120 cm³/mol. The Balaban J connectivity index is 1.20. The van der Waals surface area contributed by atoms with Gasteiger partial charge in [0.1, 0.15) is 18.0 Å². The van der Waals surface area contributed by atoms with Crippen LogP contribution in [0.4, 0.5) is 9.18 Å². The minimum absolute atomic E-state index is 0.0817. The fraction of sp³-hybridized carbons (Fsp3) is 0.400. The molecule has 2 aromatic carbocycles. The number of amides is 4. The van der Waals surface area contributed by atoms with Crippen molar-refractivity contribution < 1.29 is 28.2 Å². The first-order chi connectivity index (χ1) is 16.3. The lowest BCUT2D eigenvalue weighted by Crippen LogP contribution is -2.56. The van der Waals surface area contributed by atoms with E-state index in [0.29, 0.717) is 43.0 Å². The smallest absolute Gasteiger partial charge is 0.325 e. The van der Waals surface area contributed by atoms with E-state index in [1.54, 1.807) is 36.1 Å². The Bertz CT molecular complexity index is 1120. The monoisotopic (exact) mass is 467 g/mol. The summed E-state index contributed by atoms with van der Waals surface area (Å²) >= 11 is 0. The van der Waals surface area contributed by atoms with Crippen LogP contribution in [0.5, 0.6) is 11.5 Å². The predicted octanol–water partition coefficient (Wildman–Crippen LogP) is 2.71. The third kappa shape index (κ3) is 3.95. The Hall–Kier alpha value is -3.62. The van der Waals surface area contributed by atoms with Gasteiger partial charge >= 0.3 is 6.03 Å². The zero-order valence-electron chi connectivity index (χ0n) is 18.8. The highest BCUT2D eigenvalue weighted by Crippen LogP contribution is 2.35. The molecule has 3 aliphatic heterocycles. The summed E-state index contributed by atoms with van der Waals surface area (Å²) in [7, 11) is 0. The first kappa shape index (κ1) is 22.2. The summed E-state index contributed by atoms with van der Waals surface area (Å²) in [6.07, 6.45) is 0.437. The largest absolute Gasteiger partial charge is 0.485 e. The van der Waals surface area contributed by atoms with Gasteiger partial charge in [-0.15, -0.1) is 0 Å². The number of fused-ring (bicyclic) bond motifs is 1. The standard InChI is InChI=1S/C25H26FN3O5/c1-25(23(31)29(24(32)27-25)14-16-6-8-18(26)9-7-16)17-10-12-28(13-11-17)22(30)21-15-33-19-4-2-3-5-20(19)34-21/h2-9,17,21H,10-15H2,1H3,(H,27,32)/t21-,25+/m0/s1. The number of ether oxygens (including phenoxy) is 2. The van der Waals surface area contributed by atoms with Crippen molar-refractivity contribution in [2.45, 2.75) is 38.0 Å². The van der Waals surface area contributed by atoms with E-state index in [-0.39, 0.29) is 36.7 Å². The van der Waals surface area contributed by atoms with Gasteiger partial charge in [-0.25, -0.2) is 9.18 Å². The Morgan fingerprint density at radius 3 is 2.47 bits per heavy atom. The molecule has 9 heteroatoms. The number of urea groups is 1. The van der Waals surface area contributed by atoms with Gasteiger partial charge < -0.3 is 19.7 Å². The molecule has 0 radical (unpaired) electrons. The number of carbonyl (C=O) groups is 3. The minimum Gasteiger partial charge on any atom is -0.485 e. The fourth-order valence-electron chi connectivity index (χ4n) is 4.93. The third-order valence-electron chi connectivity index (χ3n) is 6.96. The lowest BCUT2D eigenvalue weighted by Gasteiger charge is -2.40. The number of nitrogens with zero attached hydrogens (tertiary/aromatic N) is 2. The van der Waals surface area contributed by atoms with E-state index in [0.717, 1.165) is 0 Å². The Kier molecular flexibility index (Phi) is 5.63. The molecule has 5 rings (SSSR count). The van der Waals surface area contributed by atoms with Crippen LogP contribution < -0.4 is 14.8 Å². The average Bonchev–Trinajstić information content (AvgIpc) is 3.08. The number of benzene rings is 2. The maximum Gasteiger partial charge on any atom is 0.325 e. The van der Waals surface area contributed by atoms with Crippen molar-refractivity contribution in [3.63, 3.8) is 0 Å². The highest BCUT2D eigenvalue weighted by atomic mass is 19.1. The molecule has 2 saturated heterocycles. The Morgan fingerprint density at radius 2 is 1.76 bits per heavy atom. The SMILES string of the molecule is C[C@]1(C2CCN(C(=O)[C@@H]3COc4ccccc4O3)CC2)NC(=O)N(Cc2ccc(F)cc2)C1=O. The number of hydrogen-bond acceptors (Lipinski definition) is 5. The van der Waals surface area contributed by atoms with Crippen LogP contribution in [0.3, 0.4) is 0 Å². The number of piperidine rings is 1. The fourth-order valence-corrected chi connectivity index (χ4v) is 4.93. The number of para-hydroxylation sites is 2. The van der Waals surface area contributed by atoms with Crippen molar-refractivity contribution in [3.8, 4) is 11.5 Å². The van der Waals surface area contributed by atoms with E-state index in [1.807, 2.05) is 12.1 Å². The third-order valence-corrected chi connectivity index (χ3v) is 6.96. The van der Waals surface area contributed by atoms with Crippen LogP contribution in [-0.4, -0.2) is 59.0 Å². The summed E-state index contributed by atoms with van der Waals surface area (Å²) in [4.78, 5) is 41.8. The van der Waals surface area contributed by atoms with Crippen molar-refractivity contribution in [2.24, 2.45) is 5.92 Å². The lowest BCUT2D eigenvalue weighted by atomic mass is 9.78. The Labute approximate surface area is 196 Å². The summed E-state index contributed by atoms with van der Waals surface area (Å²) in [5.74, 6) is 0.246. The van der Waals surface area contributed by atoms with E-state index >= 15 is 0 Å². The topological polar surface area (TPSA) is 88.2 Å². The van der Waals surface area contributed by atoms with E-state index in [4.69, 9.17) is 9.47 Å². The first-order valence-corrected chi connectivity index (χ1v) is 11.4. The molecule has 3 aliphatic rings. The summed E-state index contributed by atoms with van der Waals surface area (Å²) in [5.41, 5.74) is -0.374. The van der Waals surface area contributed by atoms with Gasteiger partial charge in [0.25, 0.3) is 11.8 Å². The summed E-state index contributed by atoms with van der Waals surface area (Å²) in [6.45, 7) is 2.90. The summed E-state index contributed by atoms with van der Waals surface area (Å²) < 4.78 is 24.7. The maximum atomic E-state index is 13.2. The quantitative estimate of drug-likeness (QED) is 0.699. The number of imide groups is 1. The second-order valence-electron chi connectivity index (χ2n) is 9.11. The van der Waals surface area contributed by atoms with Gasteiger partial charge in [0.15, 0.2) is 11.5 Å². The average molecular weight is 467 g/mol. The van der Waals surface area contributed by atoms with Crippen LogP contribution in [-0.2, 0) is 16.1 Å². The molecule has 0 aliphatic carbocycles. The van der Waals surface area contributed by atoms with Gasteiger partial charge in [-0.1, -0.05) is 24.3 Å². The number of hydrogen-bond donors (Lipinski definition) is 1. The molecule has 0 saturated carbocycles. The van der Waals surface area contributed by atoms with Crippen LogP contribution in [0.15, 0.2) is 48.5 Å². The highest BCUT2D eigenvalue weighted by Gasteiger charge is 2.53. The second kappa shape index (κ2) is 8.62. The molecule has 8 nitrogen and oxygen atoms in total. The maximum absolute atomic E-state index is 13.2. The van der Waals surface area contributed by atoms with Crippen LogP contribution in [0.25, 0.3) is 0 Å². The molecule has 178 valence electrons. The molecule has 0 bridgehead atoms. The molecule has 0 spiro atoms. The first-order valence-electron chi connectivity index (χ1n) is 11.4. The van der Waals surface area contributed by atoms with Crippen molar-refractivity contribution in [3.05, 3.63) is 59.9 Å². The summed E-state index contributed by atoms with van der Waals surface area (Å²) in [6, 6.07) is 12.5. The molecule has 1 N–H and O–H groups in total. The number of nitrogens with one attached hydrogen (secondary N) is 1. The minimum atomic E-state index is -1.05. The molecule has 3 heterocycles. The molecule has 0 unspecified atom stereocenters. The van der Waals surface area contributed by atoms with Gasteiger partial charge in [0.2, 0.25) is 6.10 Å². The highest BCUT2D eigenvalue weighted by molar-refractivity contribution is 6.07. The molecule has 2 fully saturated rings. The molecule has 4 amide bonds. The van der Waals surface area contributed by atoms with Crippen LogP contribution in [0.2, 0.25) is 0 Å². The van der Waals surface area contributed by atoms with Gasteiger partial charge in [0.05, 0.1) is 6.54 Å². The van der Waals surface area contributed by atoms with Crippen LogP contribution in [0.1, 0.15) is 25.3 Å². The molecule has 0 aromatic heterocycles. The number of rotatable bonds is 4.